The monoisotopic (exact) mass is 470 g/mol. The quantitative estimate of drug-likeness (QED) is 0.545. The van der Waals surface area contributed by atoms with Gasteiger partial charge < -0.3 is 9.80 Å². The Balaban J connectivity index is 1.51. The summed E-state index contributed by atoms with van der Waals surface area (Å²) in [7, 11) is 0. The summed E-state index contributed by atoms with van der Waals surface area (Å²) in [5.74, 6) is 1.35. The largest absolute Gasteiger partial charge is 0.339 e. The van der Waals surface area contributed by atoms with Crippen LogP contribution >= 0.6 is 11.8 Å². The number of hydrogen-bond donors (Lipinski definition) is 0. The molecule has 2 aromatic heterocycles. The Morgan fingerprint density at radius 2 is 1.97 bits per heavy atom. The molecule has 1 saturated heterocycles. The van der Waals surface area contributed by atoms with Crippen LogP contribution in [0, 0.1) is 0 Å². The van der Waals surface area contributed by atoms with Gasteiger partial charge in [-0.05, 0) is 44.7 Å². The van der Waals surface area contributed by atoms with Gasteiger partial charge in [0.05, 0.1) is 24.2 Å². The number of carbonyl (C=O) groups is 2. The molecule has 0 N–H and O–H groups in total. The molecule has 0 spiro atoms. The third-order valence-electron chi connectivity index (χ3n) is 6.61. The molecule has 4 rings (SSSR count). The zero-order valence-electron chi connectivity index (χ0n) is 19.5. The summed E-state index contributed by atoms with van der Waals surface area (Å²) in [4.78, 5) is 33.8. The maximum absolute atomic E-state index is 13.1. The van der Waals surface area contributed by atoms with Crippen molar-refractivity contribution in [2.24, 2.45) is 0 Å². The molecule has 0 radical (unpaired) electrons. The van der Waals surface area contributed by atoms with Crippen LogP contribution < -0.4 is 0 Å². The highest BCUT2D eigenvalue weighted by atomic mass is 32.2. The van der Waals surface area contributed by atoms with Gasteiger partial charge in [-0.2, -0.15) is 0 Å². The minimum atomic E-state index is 0.152. The molecule has 1 saturated carbocycles. The number of aromatic nitrogens is 4. The Labute approximate surface area is 200 Å². The Hall–Kier alpha value is -2.42. The van der Waals surface area contributed by atoms with Crippen molar-refractivity contribution in [3.8, 4) is 5.69 Å². The molecule has 2 amide bonds. The lowest BCUT2D eigenvalue weighted by Crippen LogP contribution is -2.42. The van der Waals surface area contributed by atoms with Crippen molar-refractivity contribution in [3.05, 3.63) is 30.4 Å². The molecule has 2 aromatic rings. The van der Waals surface area contributed by atoms with Crippen LogP contribution in [0.5, 0.6) is 0 Å². The normalized spacial score (nSPS) is 17.7. The Morgan fingerprint density at radius 3 is 2.73 bits per heavy atom. The lowest BCUT2D eigenvalue weighted by Gasteiger charge is -2.33. The van der Waals surface area contributed by atoms with Gasteiger partial charge in [0, 0.05) is 31.7 Å². The summed E-state index contributed by atoms with van der Waals surface area (Å²) >= 11 is 1.41. The number of pyridine rings is 1. The molecule has 9 heteroatoms. The van der Waals surface area contributed by atoms with Gasteiger partial charge in [0.25, 0.3) is 0 Å². The lowest BCUT2D eigenvalue weighted by molar-refractivity contribution is -0.132. The number of rotatable bonds is 8. The first kappa shape index (κ1) is 23.7. The van der Waals surface area contributed by atoms with Gasteiger partial charge in [0.15, 0.2) is 11.0 Å². The average Bonchev–Trinajstić information content (AvgIpc) is 3.14. The number of nitrogens with zero attached hydrogens (tertiary/aromatic N) is 6. The van der Waals surface area contributed by atoms with E-state index in [0.29, 0.717) is 35.7 Å². The smallest absolute Gasteiger partial charge is 0.233 e. The SMILES string of the molecule is CCN(C(=O)CSc1nnc(CN2CCCCCC2=O)n1-c1cccnc1)C1CCCCC1. The summed E-state index contributed by atoms with van der Waals surface area (Å²) in [6.07, 6.45) is 13.0. The number of carbonyl (C=O) groups excluding carboxylic acids is 2. The minimum Gasteiger partial charge on any atom is -0.339 e. The van der Waals surface area contributed by atoms with Gasteiger partial charge in [-0.15, -0.1) is 10.2 Å². The van der Waals surface area contributed by atoms with E-state index < -0.39 is 0 Å². The molecule has 0 bridgehead atoms. The van der Waals surface area contributed by atoms with Crippen molar-refractivity contribution >= 4 is 23.6 Å². The van der Waals surface area contributed by atoms with E-state index in [1.54, 1.807) is 12.4 Å². The van der Waals surface area contributed by atoms with E-state index in [2.05, 4.69) is 22.1 Å². The van der Waals surface area contributed by atoms with Crippen LogP contribution in [0.3, 0.4) is 0 Å². The molecule has 33 heavy (non-hydrogen) atoms. The van der Waals surface area contributed by atoms with Crippen molar-refractivity contribution < 1.29 is 9.59 Å². The van der Waals surface area contributed by atoms with Crippen molar-refractivity contribution in [3.63, 3.8) is 0 Å². The van der Waals surface area contributed by atoms with Gasteiger partial charge in [-0.25, -0.2) is 0 Å². The summed E-state index contributed by atoms with van der Waals surface area (Å²) in [6, 6.07) is 4.19. The molecule has 1 aliphatic heterocycles. The van der Waals surface area contributed by atoms with Gasteiger partial charge >= 0.3 is 0 Å². The Kier molecular flexibility index (Phi) is 8.36. The topological polar surface area (TPSA) is 84.2 Å². The van der Waals surface area contributed by atoms with Crippen LogP contribution in [0.25, 0.3) is 5.69 Å². The molecule has 2 fully saturated rings. The predicted octanol–water partition coefficient (Wildman–Crippen LogP) is 3.84. The first-order valence-electron chi connectivity index (χ1n) is 12.2. The molecule has 1 aliphatic carbocycles. The predicted molar refractivity (Wildman–Crippen MR) is 128 cm³/mol. The summed E-state index contributed by atoms with van der Waals surface area (Å²) in [5, 5.41) is 9.51. The second-order valence-corrected chi connectivity index (χ2v) is 9.77. The van der Waals surface area contributed by atoms with E-state index in [4.69, 9.17) is 0 Å². The van der Waals surface area contributed by atoms with E-state index in [1.807, 2.05) is 26.5 Å². The van der Waals surface area contributed by atoms with Crippen molar-refractivity contribution in [2.75, 3.05) is 18.8 Å². The molecule has 0 unspecified atom stereocenters. The maximum atomic E-state index is 13.1. The summed E-state index contributed by atoms with van der Waals surface area (Å²) in [6.45, 7) is 3.96. The summed E-state index contributed by atoms with van der Waals surface area (Å²) < 4.78 is 1.94. The van der Waals surface area contributed by atoms with Crippen LogP contribution in [0.15, 0.2) is 29.7 Å². The molecule has 8 nitrogen and oxygen atoms in total. The first-order chi connectivity index (χ1) is 16.2. The van der Waals surface area contributed by atoms with Crippen molar-refractivity contribution in [2.45, 2.75) is 82.5 Å². The Bertz CT molecular complexity index is 928. The maximum Gasteiger partial charge on any atom is 0.233 e. The van der Waals surface area contributed by atoms with E-state index >= 15 is 0 Å². The Morgan fingerprint density at radius 1 is 1.15 bits per heavy atom. The second-order valence-electron chi connectivity index (χ2n) is 8.83. The third kappa shape index (κ3) is 5.93. The molecule has 178 valence electrons. The van der Waals surface area contributed by atoms with Gasteiger partial charge in [0.2, 0.25) is 11.8 Å². The van der Waals surface area contributed by atoms with Crippen LogP contribution in [-0.2, 0) is 16.1 Å². The fourth-order valence-electron chi connectivity index (χ4n) is 4.86. The third-order valence-corrected chi connectivity index (χ3v) is 7.52. The number of amides is 2. The molecule has 0 atom stereocenters. The number of hydrogen-bond acceptors (Lipinski definition) is 6. The molecule has 0 aromatic carbocycles. The standard InChI is InChI=1S/C24H34N6O2S/c1-2-29(19-10-5-3-6-11-19)23(32)18-33-24-27-26-21(30(24)20-12-9-14-25-16-20)17-28-15-8-4-7-13-22(28)31/h9,12,14,16,19H,2-8,10-11,13,15,17-18H2,1H3. The van der Waals surface area contributed by atoms with Crippen LogP contribution in [0.2, 0.25) is 0 Å². The van der Waals surface area contributed by atoms with E-state index in [1.165, 1.54) is 31.0 Å². The van der Waals surface area contributed by atoms with E-state index in [0.717, 1.165) is 50.9 Å². The molecular formula is C24H34N6O2S. The average molecular weight is 471 g/mol. The van der Waals surface area contributed by atoms with Gasteiger partial charge in [-0.3, -0.25) is 19.1 Å². The highest BCUT2D eigenvalue weighted by Crippen LogP contribution is 2.26. The van der Waals surface area contributed by atoms with Crippen LogP contribution in [-0.4, -0.2) is 66.2 Å². The van der Waals surface area contributed by atoms with E-state index in [9.17, 15) is 9.59 Å². The summed E-state index contributed by atoms with van der Waals surface area (Å²) in [5.41, 5.74) is 0.842. The lowest BCUT2D eigenvalue weighted by atomic mass is 9.94. The van der Waals surface area contributed by atoms with E-state index in [-0.39, 0.29) is 11.8 Å². The number of likely N-dealkylation sites (tertiary alicyclic amines) is 1. The highest BCUT2D eigenvalue weighted by molar-refractivity contribution is 7.99. The van der Waals surface area contributed by atoms with Crippen LogP contribution in [0.4, 0.5) is 0 Å². The fourth-order valence-corrected chi connectivity index (χ4v) is 5.71. The fraction of sp³-hybridized carbons (Fsp3) is 0.625. The van der Waals surface area contributed by atoms with Crippen molar-refractivity contribution in [1.82, 2.24) is 29.5 Å². The first-order valence-corrected chi connectivity index (χ1v) is 13.2. The van der Waals surface area contributed by atoms with Gasteiger partial charge in [-0.1, -0.05) is 37.4 Å². The highest BCUT2D eigenvalue weighted by Gasteiger charge is 2.26. The number of thioether (sulfide) groups is 1. The molecular weight excluding hydrogens is 436 g/mol. The zero-order valence-corrected chi connectivity index (χ0v) is 20.3. The molecule has 2 aliphatic rings. The van der Waals surface area contributed by atoms with Crippen LogP contribution in [0.1, 0.15) is 70.5 Å². The molecule has 3 heterocycles. The zero-order chi connectivity index (χ0) is 23.0. The minimum absolute atomic E-state index is 0.152. The van der Waals surface area contributed by atoms with Gasteiger partial charge in [0.1, 0.15) is 0 Å². The second kappa shape index (κ2) is 11.6. The van der Waals surface area contributed by atoms with Crippen molar-refractivity contribution in [1.29, 1.82) is 0 Å².